The quantitative estimate of drug-likeness (QED) is 0.293. The minimum Gasteiger partial charge on any atom is -0.302 e. The highest BCUT2D eigenvalue weighted by Gasteiger charge is 2.31. The molecule has 1 unspecified atom stereocenters. The van der Waals surface area contributed by atoms with Gasteiger partial charge in [0.15, 0.2) is 6.34 Å². The van der Waals surface area contributed by atoms with Crippen LogP contribution < -0.4 is 10.6 Å². The Hall–Kier alpha value is -2.80. The van der Waals surface area contributed by atoms with Gasteiger partial charge >= 0.3 is 0 Å². The topological polar surface area (TPSA) is 17.1 Å². The summed E-state index contributed by atoms with van der Waals surface area (Å²) in [5, 5.41) is 1.70. The van der Waals surface area contributed by atoms with Gasteiger partial charge in [-0.15, -0.1) is 0 Å². The summed E-state index contributed by atoms with van der Waals surface area (Å²) < 4.78 is 14.5. The molecule has 1 nitrogen and oxygen atoms in total. The van der Waals surface area contributed by atoms with Crippen molar-refractivity contribution in [2.45, 2.75) is 5.25 Å². The third-order valence-corrected chi connectivity index (χ3v) is 10.6. The molecular formula is C27H23OPS. The molecule has 0 radical (unpaired) electrons. The zero-order valence-electron chi connectivity index (χ0n) is 16.5. The van der Waals surface area contributed by atoms with Crippen LogP contribution in [-0.4, -0.2) is 0 Å². The van der Waals surface area contributed by atoms with Crippen molar-refractivity contribution in [3.63, 3.8) is 0 Å². The van der Waals surface area contributed by atoms with Gasteiger partial charge in [0.1, 0.15) is 0 Å². The average Bonchev–Trinajstić information content (AvgIpc) is 2.84. The van der Waals surface area contributed by atoms with E-state index in [1.165, 1.54) is 11.4 Å². The summed E-state index contributed by atoms with van der Waals surface area (Å²) in [5.74, 6) is 0. The number of hydrogen-bond donors (Lipinski definition) is 0. The van der Waals surface area contributed by atoms with E-state index in [0.29, 0.717) is 0 Å². The first kappa shape index (κ1) is 20.5. The Balaban J connectivity index is 1.77. The normalized spacial score (nSPS) is 12.7. The molecule has 0 aliphatic rings. The molecule has 0 amide bonds. The Morgan fingerprint density at radius 1 is 0.600 bits per heavy atom. The number of benzene rings is 4. The van der Waals surface area contributed by atoms with Gasteiger partial charge in [-0.25, -0.2) is 0 Å². The first-order chi connectivity index (χ1) is 14.8. The predicted octanol–water partition coefficient (Wildman–Crippen LogP) is 7.10. The van der Waals surface area contributed by atoms with Crippen LogP contribution in [0.4, 0.5) is 0 Å². The molecule has 1 atom stereocenters. The van der Waals surface area contributed by atoms with Crippen LogP contribution in [0, 0.1) is 0 Å². The Kier molecular flexibility index (Phi) is 6.69. The molecule has 148 valence electrons. The summed E-state index contributed by atoms with van der Waals surface area (Å²) in [6, 6.07) is 40.2. The lowest BCUT2D eigenvalue weighted by Gasteiger charge is -2.23. The summed E-state index contributed by atoms with van der Waals surface area (Å²) in [6.07, 6.45) is 1.38. The van der Waals surface area contributed by atoms with Gasteiger partial charge in [-0.2, -0.15) is 0 Å². The summed E-state index contributed by atoms with van der Waals surface area (Å²) in [5.41, 5.74) is 2.27. The van der Waals surface area contributed by atoms with Crippen molar-refractivity contribution in [1.29, 1.82) is 0 Å². The largest absolute Gasteiger partial charge is 0.302 e. The van der Waals surface area contributed by atoms with Crippen LogP contribution in [0.25, 0.3) is 6.08 Å². The number of rotatable bonds is 7. The molecular weight excluding hydrogens is 403 g/mol. The van der Waals surface area contributed by atoms with Crippen molar-refractivity contribution >= 4 is 34.4 Å². The van der Waals surface area contributed by atoms with E-state index in [9.17, 15) is 4.57 Å². The monoisotopic (exact) mass is 426 g/mol. The standard InChI is InChI=1S/C27H23OPS/c28-29(25-17-9-3-10-18-25,26-19-11-4-12-20-26)30-27(24-15-7-2-8-16-24)22-21-23-13-5-1-6-14-23/h1-22,27H/b22-21+. The highest BCUT2D eigenvalue weighted by atomic mass is 32.7. The van der Waals surface area contributed by atoms with Crippen LogP contribution in [0.2, 0.25) is 0 Å². The molecule has 0 spiro atoms. The Morgan fingerprint density at radius 3 is 1.53 bits per heavy atom. The Labute approximate surface area is 182 Å². The second kappa shape index (κ2) is 9.80. The fourth-order valence-electron chi connectivity index (χ4n) is 3.29. The molecule has 4 aromatic rings. The molecule has 0 N–H and O–H groups in total. The molecule has 4 aromatic carbocycles. The number of hydrogen-bond acceptors (Lipinski definition) is 2. The van der Waals surface area contributed by atoms with E-state index in [1.807, 2.05) is 97.1 Å². The van der Waals surface area contributed by atoms with Crippen LogP contribution in [0.15, 0.2) is 127 Å². The van der Waals surface area contributed by atoms with Gasteiger partial charge in [-0.05, 0) is 11.1 Å². The fraction of sp³-hybridized carbons (Fsp3) is 0.0370. The van der Waals surface area contributed by atoms with Gasteiger partial charge in [-0.3, -0.25) is 0 Å². The van der Waals surface area contributed by atoms with E-state index < -0.39 is 6.34 Å². The van der Waals surface area contributed by atoms with Gasteiger partial charge in [0.2, 0.25) is 0 Å². The SMILES string of the molecule is O=P(SC(/C=C/c1ccccc1)c1ccccc1)(c1ccccc1)c1ccccc1. The lowest BCUT2D eigenvalue weighted by Crippen LogP contribution is -2.14. The van der Waals surface area contributed by atoms with Crippen LogP contribution in [0.1, 0.15) is 16.4 Å². The molecule has 0 heterocycles. The van der Waals surface area contributed by atoms with Gasteiger partial charge < -0.3 is 4.57 Å². The van der Waals surface area contributed by atoms with Crippen molar-refractivity contribution in [3.05, 3.63) is 139 Å². The molecule has 0 aliphatic heterocycles. The molecule has 0 saturated heterocycles. The highest BCUT2D eigenvalue weighted by molar-refractivity contribution is 8.62. The minimum atomic E-state index is -2.90. The zero-order chi connectivity index (χ0) is 20.7. The third-order valence-electron chi connectivity index (χ3n) is 4.85. The summed E-state index contributed by atoms with van der Waals surface area (Å²) in [4.78, 5) is 0. The average molecular weight is 427 g/mol. The van der Waals surface area contributed by atoms with E-state index in [-0.39, 0.29) is 5.25 Å². The van der Waals surface area contributed by atoms with Crippen LogP contribution in [0.3, 0.4) is 0 Å². The molecule has 0 aromatic heterocycles. The van der Waals surface area contributed by atoms with Crippen LogP contribution in [0.5, 0.6) is 0 Å². The van der Waals surface area contributed by atoms with Gasteiger partial charge in [-0.1, -0.05) is 145 Å². The predicted molar refractivity (Wildman–Crippen MR) is 132 cm³/mol. The molecule has 30 heavy (non-hydrogen) atoms. The zero-order valence-corrected chi connectivity index (χ0v) is 18.3. The Morgan fingerprint density at radius 2 is 1.03 bits per heavy atom. The van der Waals surface area contributed by atoms with E-state index in [0.717, 1.165) is 21.7 Å². The van der Waals surface area contributed by atoms with Crippen LogP contribution in [-0.2, 0) is 4.57 Å². The minimum absolute atomic E-state index is 0.0438. The highest BCUT2D eigenvalue weighted by Crippen LogP contribution is 2.62. The van der Waals surface area contributed by atoms with Crippen molar-refractivity contribution < 1.29 is 4.57 Å². The summed E-state index contributed by atoms with van der Waals surface area (Å²) >= 11 is 1.54. The lowest BCUT2D eigenvalue weighted by atomic mass is 10.1. The molecule has 0 saturated carbocycles. The molecule has 4 rings (SSSR count). The fourth-order valence-corrected chi connectivity index (χ4v) is 8.71. The summed E-state index contributed by atoms with van der Waals surface area (Å²) in [6.45, 7) is 0. The summed E-state index contributed by atoms with van der Waals surface area (Å²) in [7, 11) is 0. The smallest absolute Gasteiger partial charge is 0.195 e. The van der Waals surface area contributed by atoms with E-state index in [4.69, 9.17) is 0 Å². The maximum atomic E-state index is 14.5. The van der Waals surface area contributed by atoms with Gasteiger partial charge in [0.05, 0.1) is 5.25 Å². The molecule has 0 aliphatic carbocycles. The van der Waals surface area contributed by atoms with Crippen molar-refractivity contribution in [2.24, 2.45) is 0 Å². The lowest BCUT2D eigenvalue weighted by molar-refractivity contribution is 0.595. The van der Waals surface area contributed by atoms with Crippen molar-refractivity contribution in [1.82, 2.24) is 0 Å². The van der Waals surface area contributed by atoms with Crippen molar-refractivity contribution in [3.8, 4) is 0 Å². The third kappa shape index (κ3) is 4.84. The first-order valence-corrected chi connectivity index (χ1v) is 13.1. The van der Waals surface area contributed by atoms with Crippen molar-refractivity contribution in [2.75, 3.05) is 0 Å². The Bertz CT molecular complexity index is 1080. The molecule has 3 heteroatoms. The maximum Gasteiger partial charge on any atom is 0.195 e. The van der Waals surface area contributed by atoms with E-state index in [1.54, 1.807) is 0 Å². The van der Waals surface area contributed by atoms with Crippen LogP contribution >= 0.6 is 17.7 Å². The maximum absolute atomic E-state index is 14.5. The molecule has 0 fully saturated rings. The first-order valence-electron chi connectivity index (χ1n) is 9.93. The van der Waals surface area contributed by atoms with E-state index >= 15 is 0 Å². The second-order valence-electron chi connectivity index (χ2n) is 6.93. The van der Waals surface area contributed by atoms with Gasteiger partial charge in [0, 0.05) is 10.6 Å². The van der Waals surface area contributed by atoms with Gasteiger partial charge in [0.25, 0.3) is 0 Å². The second-order valence-corrected chi connectivity index (χ2v) is 12.0. The van der Waals surface area contributed by atoms with E-state index in [2.05, 4.69) is 36.4 Å². The molecule has 0 bridgehead atoms.